The van der Waals surface area contributed by atoms with Gasteiger partial charge in [-0.1, -0.05) is 12.8 Å². The maximum absolute atomic E-state index is 11.2. The second-order valence-corrected chi connectivity index (χ2v) is 5.52. The van der Waals surface area contributed by atoms with Gasteiger partial charge in [0.15, 0.2) is 0 Å². The van der Waals surface area contributed by atoms with E-state index in [9.17, 15) is 4.79 Å². The molecule has 0 bridgehead atoms. The van der Waals surface area contributed by atoms with Crippen LogP contribution in [0.15, 0.2) is 0 Å². The molecule has 1 atom stereocenters. The number of nitrogens with two attached hydrogens (primary N) is 1. The number of carbonyl (C=O) groups excluding carboxylic acids is 1. The van der Waals surface area contributed by atoms with Gasteiger partial charge in [-0.3, -0.25) is 9.69 Å². The van der Waals surface area contributed by atoms with Crippen LogP contribution in [-0.2, 0) is 14.3 Å². The first kappa shape index (κ1) is 13.8. The van der Waals surface area contributed by atoms with Crippen molar-refractivity contribution in [3.8, 4) is 0 Å². The summed E-state index contributed by atoms with van der Waals surface area (Å²) in [4.78, 5) is 13.7. The van der Waals surface area contributed by atoms with Crippen molar-refractivity contribution in [2.45, 2.75) is 43.7 Å². The van der Waals surface area contributed by atoms with E-state index in [1.54, 1.807) is 7.11 Å². The normalized spacial score (nSPS) is 30.7. The first-order chi connectivity index (χ1) is 8.65. The number of rotatable bonds is 5. The molecule has 0 unspecified atom stereocenters. The third-order valence-corrected chi connectivity index (χ3v) is 4.02. The first-order valence-corrected chi connectivity index (χ1v) is 6.80. The van der Waals surface area contributed by atoms with Gasteiger partial charge in [-0.25, -0.2) is 0 Å². The number of hydrogen-bond acceptors (Lipinski definition) is 4. The maximum atomic E-state index is 11.2. The van der Waals surface area contributed by atoms with Crippen LogP contribution in [0.3, 0.4) is 0 Å². The molecule has 1 aliphatic heterocycles. The SMILES string of the molecule is COC[C@]1(CC(N)=O)CN(C2CCCC2)CCO1. The Labute approximate surface area is 109 Å². The molecule has 2 N–H and O–H groups in total. The Morgan fingerprint density at radius 1 is 1.50 bits per heavy atom. The maximum Gasteiger partial charge on any atom is 0.220 e. The Morgan fingerprint density at radius 3 is 2.83 bits per heavy atom. The summed E-state index contributed by atoms with van der Waals surface area (Å²) in [6.45, 7) is 2.80. The number of amides is 1. The average molecular weight is 256 g/mol. The number of ether oxygens (including phenoxy) is 2. The van der Waals surface area contributed by atoms with Gasteiger partial charge in [-0.15, -0.1) is 0 Å². The van der Waals surface area contributed by atoms with Gasteiger partial charge >= 0.3 is 0 Å². The Hall–Kier alpha value is -0.650. The van der Waals surface area contributed by atoms with Gasteiger partial charge in [0, 0.05) is 26.2 Å². The summed E-state index contributed by atoms with van der Waals surface area (Å²) in [5.74, 6) is -0.319. The van der Waals surface area contributed by atoms with Crippen LogP contribution >= 0.6 is 0 Å². The van der Waals surface area contributed by atoms with Crippen molar-refractivity contribution in [1.82, 2.24) is 4.90 Å². The first-order valence-electron chi connectivity index (χ1n) is 6.80. The molecule has 2 rings (SSSR count). The molecule has 1 saturated heterocycles. The lowest BCUT2D eigenvalue weighted by Gasteiger charge is -2.44. The van der Waals surface area contributed by atoms with Crippen molar-refractivity contribution in [3.63, 3.8) is 0 Å². The second-order valence-electron chi connectivity index (χ2n) is 5.52. The zero-order valence-corrected chi connectivity index (χ0v) is 11.2. The van der Waals surface area contributed by atoms with E-state index in [4.69, 9.17) is 15.2 Å². The fraction of sp³-hybridized carbons (Fsp3) is 0.923. The van der Waals surface area contributed by atoms with Gasteiger partial charge in [-0.05, 0) is 12.8 Å². The number of hydrogen-bond donors (Lipinski definition) is 1. The fourth-order valence-corrected chi connectivity index (χ4v) is 3.28. The van der Waals surface area contributed by atoms with Gasteiger partial charge in [-0.2, -0.15) is 0 Å². The molecule has 5 nitrogen and oxygen atoms in total. The van der Waals surface area contributed by atoms with Crippen LogP contribution in [0.1, 0.15) is 32.1 Å². The largest absolute Gasteiger partial charge is 0.382 e. The second kappa shape index (κ2) is 5.99. The van der Waals surface area contributed by atoms with Crippen LogP contribution in [0, 0.1) is 0 Å². The van der Waals surface area contributed by atoms with E-state index in [1.807, 2.05) is 0 Å². The van der Waals surface area contributed by atoms with Crippen molar-refractivity contribution in [2.75, 3.05) is 33.4 Å². The lowest BCUT2D eigenvalue weighted by Crippen LogP contribution is -2.57. The molecule has 2 fully saturated rings. The van der Waals surface area contributed by atoms with Gasteiger partial charge in [0.2, 0.25) is 5.91 Å². The molecule has 5 heteroatoms. The molecule has 1 aliphatic carbocycles. The summed E-state index contributed by atoms with van der Waals surface area (Å²) in [6, 6.07) is 0.651. The number of carbonyl (C=O) groups is 1. The topological polar surface area (TPSA) is 64.8 Å². The smallest absolute Gasteiger partial charge is 0.220 e. The summed E-state index contributed by atoms with van der Waals surface area (Å²) in [6.07, 6.45) is 5.40. The van der Waals surface area contributed by atoms with Crippen molar-refractivity contribution in [3.05, 3.63) is 0 Å². The predicted molar refractivity (Wildman–Crippen MR) is 68.2 cm³/mol. The zero-order valence-electron chi connectivity index (χ0n) is 11.2. The van der Waals surface area contributed by atoms with Crippen molar-refractivity contribution >= 4 is 5.91 Å². The van der Waals surface area contributed by atoms with E-state index in [2.05, 4.69) is 4.90 Å². The quantitative estimate of drug-likeness (QED) is 0.779. The summed E-state index contributed by atoms with van der Waals surface area (Å²) in [7, 11) is 1.64. The highest BCUT2D eigenvalue weighted by atomic mass is 16.5. The minimum absolute atomic E-state index is 0.240. The Kier molecular flexibility index (Phi) is 4.59. The standard InChI is InChI=1S/C13H24N2O3/c1-17-10-13(8-12(14)16)9-15(6-7-18-13)11-4-2-3-5-11/h11H,2-10H2,1H3,(H2,14,16)/t13-/m0/s1. The van der Waals surface area contributed by atoms with Crippen LogP contribution in [0.4, 0.5) is 0 Å². The van der Waals surface area contributed by atoms with Crippen LogP contribution in [0.5, 0.6) is 0 Å². The van der Waals surface area contributed by atoms with Gasteiger partial charge in [0.25, 0.3) is 0 Å². The Morgan fingerprint density at radius 2 is 2.22 bits per heavy atom. The summed E-state index contributed by atoms with van der Waals surface area (Å²) >= 11 is 0. The Bertz CT molecular complexity index is 288. The van der Waals surface area contributed by atoms with Crippen LogP contribution in [-0.4, -0.2) is 55.9 Å². The number of nitrogens with zero attached hydrogens (tertiary/aromatic N) is 1. The summed E-state index contributed by atoms with van der Waals surface area (Å²) < 4.78 is 11.1. The van der Waals surface area contributed by atoms with Crippen LogP contribution in [0.2, 0.25) is 0 Å². The van der Waals surface area contributed by atoms with E-state index in [1.165, 1.54) is 25.7 Å². The monoisotopic (exact) mass is 256 g/mol. The van der Waals surface area contributed by atoms with E-state index < -0.39 is 5.60 Å². The van der Waals surface area contributed by atoms with Crippen molar-refractivity contribution in [1.29, 1.82) is 0 Å². The third kappa shape index (κ3) is 3.22. The molecular weight excluding hydrogens is 232 g/mol. The van der Waals surface area contributed by atoms with E-state index in [0.29, 0.717) is 19.3 Å². The molecular formula is C13H24N2O3. The van der Waals surface area contributed by atoms with E-state index >= 15 is 0 Å². The molecule has 18 heavy (non-hydrogen) atoms. The molecule has 0 aromatic carbocycles. The molecule has 2 aliphatic rings. The highest BCUT2D eigenvalue weighted by Gasteiger charge is 2.40. The molecule has 0 aromatic rings. The van der Waals surface area contributed by atoms with Crippen molar-refractivity contribution < 1.29 is 14.3 Å². The molecule has 1 heterocycles. The molecule has 0 radical (unpaired) electrons. The molecule has 1 saturated carbocycles. The fourth-order valence-electron chi connectivity index (χ4n) is 3.28. The van der Waals surface area contributed by atoms with Crippen molar-refractivity contribution in [2.24, 2.45) is 5.73 Å². The third-order valence-electron chi connectivity index (χ3n) is 4.02. The summed E-state index contributed by atoms with van der Waals surface area (Å²) in [5.41, 5.74) is 4.80. The average Bonchev–Trinajstić information content (AvgIpc) is 2.81. The van der Waals surface area contributed by atoms with E-state index in [0.717, 1.165) is 13.1 Å². The predicted octanol–water partition coefficient (Wildman–Crippen LogP) is 0.522. The highest BCUT2D eigenvalue weighted by Crippen LogP contribution is 2.29. The minimum Gasteiger partial charge on any atom is -0.382 e. The lowest BCUT2D eigenvalue weighted by atomic mass is 9.96. The van der Waals surface area contributed by atoms with Gasteiger partial charge in [0.05, 0.1) is 19.6 Å². The Balaban J connectivity index is 2.02. The molecule has 0 spiro atoms. The molecule has 1 amide bonds. The number of morpholine rings is 1. The number of primary amides is 1. The highest BCUT2D eigenvalue weighted by molar-refractivity contribution is 5.75. The minimum atomic E-state index is -0.540. The summed E-state index contributed by atoms with van der Waals surface area (Å²) in [5, 5.41) is 0. The van der Waals surface area contributed by atoms with Gasteiger partial charge < -0.3 is 15.2 Å². The van der Waals surface area contributed by atoms with Gasteiger partial charge in [0.1, 0.15) is 5.60 Å². The van der Waals surface area contributed by atoms with Crippen LogP contribution < -0.4 is 5.73 Å². The zero-order chi connectivity index (χ0) is 13.0. The van der Waals surface area contributed by atoms with Crippen LogP contribution in [0.25, 0.3) is 0 Å². The number of methoxy groups -OCH3 is 1. The molecule has 0 aromatic heterocycles. The molecule has 104 valence electrons. The van der Waals surface area contributed by atoms with E-state index in [-0.39, 0.29) is 12.3 Å². The lowest BCUT2D eigenvalue weighted by molar-refractivity contribution is -0.158.